The van der Waals surface area contributed by atoms with Gasteiger partial charge in [-0.15, -0.1) is 0 Å². The third kappa shape index (κ3) is 5.91. The van der Waals surface area contributed by atoms with Gasteiger partial charge in [0.25, 0.3) is 0 Å². The molecule has 2 aliphatic heterocycles. The molecule has 2 saturated heterocycles. The number of halogens is 1. The Bertz CT molecular complexity index is 1060. The molecule has 6 nitrogen and oxygen atoms in total. The Morgan fingerprint density at radius 3 is 2.08 bits per heavy atom. The number of carbonyl (C=O) groups is 1. The van der Waals surface area contributed by atoms with Crippen molar-refractivity contribution in [2.24, 2.45) is 0 Å². The summed E-state index contributed by atoms with van der Waals surface area (Å²) in [4.78, 5) is 16.8. The van der Waals surface area contributed by atoms with Gasteiger partial charge in [-0.2, -0.15) is 0 Å². The van der Waals surface area contributed by atoms with Crippen LogP contribution < -0.4 is 5.46 Å². The van der Waals surface area contributed by atoms with E-state index in [2.05, 4.69) is 62.9 Å². The van der Waals surface area contributed by atoms with Crippen molar-refractivity contribution >= 4 is 30.3 Å². The largest absolute Gasteiger partial charge is 0.494 e. The lowest BCUT2D eigenvalue weighted by Gasteiger charge is -2.40. The second-order valence-electron chi connectivity index (χ2n) is 11.7. The van der Waals surface area contributed by atoms with E-state index in [0.717, 1.165) is 24.1 Å². The van der Waals surface area contributed by atoms with E-state index in [0.29, 0.717) is 18.1 Å². The van der Waals surface area contributed by atoms with E-state index in [1.54, 1.807) is 4.90 Å². The van der Waals surface area contributed by atoms with E-state index in [1.807, 2.05) is 39.0 Å². The van der Waals surface area contributed by atoms with Crippen LogP contribution in [-0.4, -0.2) is 66.0 Å². The van der Waals surface area contributed by atoms with Gasteiger partial charge >= 0.3 is 13.2 Å². The fraction of sp³-hybridized carbons (Fsp3) is 0.536. The third-order valence-corrected chi connectivity index (χ3v) is 7.45. The molecule has 1 unspecified atom stereocenters. The van der Waals surface area contributed by atoms with Gasteiger partial charge in [-0.3, -0.25) is 4.90 Å². The average molecular weight is 513 g/mol. The molecule has 1 atom stereocenters. The molecule has 2 aromatic rings. The van der Waals surface area contributed by atoms with Crippen molar-refractivity contribution < 1.29 is 18.8 Å². The third-order valence-electron chi connectivity index (χ3n) is 7.23. The van der Waals surface area contributed by atoms with Crippen molar-refractivity contribution in [2.75, 3.05) is 26.2 Å². The van der Waals surface area contributed by atoms with Gasteiger partial charge in [-0.25, -0.2) is 4.79 Å². The molecular weight excluding hydrogens is 475 g/mol. The molecule has 2 fully saturated rings. The zero-order valence-corrected chi connectivity index (χ0v) is 23.3. The molecule has 0 aliphatic carbocycles. The van der Waals surface area contributed by atoms with Gasteiger partial charge in [-0.1, -0.05) is 48.0 Å². The van der Waals surface area contributed by atoms with Gasteiger partial charge in [0.15, 0.2) is 0 Å². The fourth-order valence-electron chi connectivity index (χ4n) is 4.65. The van der Waals surface area contributed by atoms with Crippen LogP contribution in [0.1, 0.15) is 65.6 Å². The first-order valence-electron chi connectivity index (χ1n) is 12.7. The highest BCUT2D eigenvalue weighted by Gasteiger charge is 2.52. The monoisotopic (exact) mass is 512 g/mol. The summed E-state index contributed by atoms with van der Waals surface area (Å²) < 4.78 is 18.2. The highest BCUT2D eigenvalue weighted by atomic mass is 35.5. The van der Waals surface area contributed by atoms with E-state index < -0.39 is 23.9 Å². The summed E-state index contributed by atoms with van der Waals surface area (Å²) >= 11 is 6.67. The van der Waals surface area contributed by atoms with E-state index in [-0.39, 0.29) is 12.1 Å². The van der Waals surface area contributed by atoms with E-state index >= 15 is 0 Å². The maximum absolute atomic E-state index is 12.6. The van der Waals surface area contributed by atoms with Gasteiger partial charge in [0.05, 0.1) is 17.2 Å². The zero-order valence-electron chi connectivity index (χ0n) is 22.5. The zero-order chi connectivity index (χ0) is 26.3. The molecule has 194 valence electrons. The molecule has 2 heterocycles. The first-order chi connectivity index (χ1) is 16.8. The fourth-order valence-corrected chi connectivity index (χ4v) is 4.90. The van der Waals surface area contributed by atoms with Crippen LogP contribution in [0.2, 0.25) is 5.02 Å². The van der Waals surface area contributed by atoms with Crippen molar-refractivity contribution in [2.45, 2.75) is 71.3 Å². The second-order valence-corrected chi connectivity index (χ2v) is 12.2. The minimum absolute atomic E-state index is 0.0214. The number of nitrogens with zero attached hydrogens (tertiary/aromatic N) is 2. The van der Waals surface area contributed by atoms with Gasteiger partial charge in [0, 0.05) is 31.2 Å². The van der Waals surface area contributed by atoms with E-state index in [9.17, 15) is 4.79 Å². The van der Waals surface area contributed by atoms with Crippen LogP contribution in [-0.2, 0) is 14.0 Å². The normalized spacial score (nSPS) is 20.9. The Morgan fingerprint density at radius 1 is 0.944 bits per heavy atom. The smallest absolute Gasteiger partial charge is 0.444 e. The maximum Gasteiger partial charge on any atom is 0.494 e. The van der Waals surface area contributed by atoms with Crippen LogP contribution in [0.25, 0.3) is 0 Å². The molecule has 36 heavy (non-hydrogen) atoms. The molecule has 8 heteroatoms. The topological polar surface area (TPSA) is 51.2 Å². The Labute approximate surface area is 221 Å². The number of carbonyl (C=O) groups excluding carboxylic acids is 1. The summed E-state index contributed by atoms with van der Waals surface area (Å²) in [5, 5.41) is 0.644. The van der Waals surface area contributed by atoms with E-state index in [1.165, 1.54) is 5.56 Å². The van der Waals surface area contributed by atoms with E-state index in [4.69, 9.17) is 25.6 Å². The average Bonchev–Trinajstić information content (AvgIpc) is 3.00. The van der Waals surface area contributed by atoms with Crippen LogP contribution >= 0.6 is 11.6 Å². The van der Waals surface area contributed by atoms with Crippen molar-refractivity contribution in [1.82, 2.24) is 9.80 Å². The first-order valence-corrected chi connectivity index (χ1v) is 13.1. The van der Waals surface area contributed by atoms with Crippen LogP contribution in [0.3, 0.4) is 0 Å². The number of hydrogen-bond acceptors (Lipinski definition) is 5. The quantitative estimate of drug-likeness (QED) is 0.522. The molecule has 0 saturated carbocycles. The van der Waals surface area contributed by atoms with Crippen LogP contribution in [0.5, 0.6) is 0 Å². The summed E-state index contributed by atoms with van der Waals surface area (Å²) in [6.45, 7) is 16.5. The summed E-state index contributed by atoms with van der Waals surface area (Å²) in [7, 11) is -0.493. The van der Waals surface area contributed by atoms with Gasteiger partial charge in [-0.05, 0) is 77.2 Å². The first kappa shape index (κ1) is 27.0. The number of piperazine rings is 1. The SMILES string of the molecule is CC(C)(C)OC(=O)N1CCN(C(c2ccccc2)c2cc(Cl)cc(B3OC(C)(C)C(C)(C)O3)c2)CC1. The van der Waals surface area contributed by atoms with Crippen molar-refractivity contribution in [1.29, 1.82) is 0 Å². The van der Waals surface area contributed by atoms with Crippen LogP contribution in [0.4, 0.5) is 4.79 Å². The Hall–Kier alpha value is -2.06. The van der Waals surface area contributed by atoms with Crippen molar-refractivity contribution in [3.63, 3.8) is 0 Å². The van der Waals surface area contributed by atoms with Crippen molar-refractivity contribution in [3.8, 4) is 0 Å². The van der Waals surface area contributed by atoms with Gasteiger partial charge in [0.2, 0.25) is 0 Å². The van der Waals surface area contributed by atoms with Gasteiger partial charge < -0.3 is 18.9 Å². The lowest BCUT2D eigenvalue weighted by molar-refractivity contribution is 0.00578. The molecule has 1 amide bonds. The molecule has 2 aromatic carbocycles. The molecule has 0 aromatic heterocycles. The number of hydrogen-bond donors (Lipinski definition) is 0. The molecule has 0 N–H and O–H groups in total. The molecule has 0 radical (unpaired) electrons. The van der Waals surface area contributed by atoms with Crippen LogP contribution in [0.15, 0.2) is 48.5 Å². The lowest BCUT2D eigenvalue weighted by atomic mass is 9.77. The highest BCUT2D eigenvalue weighted by Crippen LogP contribution is 2.37. The maximum atomic E-state index is 12.6. The second kappa shape index (κ2) is 10.0. The molecular formula is C28H38BClN2O4. The summed E-state index contributed by atoms with van der Waals surface area (Å²) in [6, 6.07) is 16.5. The molecule has 4 rings (SSSR count). The number of rotatable bonds is 4. The predicted molar refractivity (Wildman–Crippen MR) is 145 cm³/mol. The molecule has 2 aliphatic rings. The standard InChI is InChI=1S/C28H38BClN2O4/c1-26(2,3)34-25(33)32-15-13-31(14-16-32)24(20-11-9-8-10-12-20)21-17-22(19-23(30)18-21)29-35-27(4,5)28(6,7)36-29/h8-12,17-19,24H,13-16H2,1-7H3. The molecule has 0 bridgehead atoms. The Balaban J connectivity index is 1.61. The Morgan fingerprint density at radius 2 is 1.53 bits per heavy atom. The van der Waals surface area contributed by atoms with Crippen LogP contribution in [0, 0.1) is 0 Å². The summed E-state index contributed by atoms with van der Waals surface area (Å²) in [5.41, 5.74) is 1.78. The Kier molecular flexibility index (Phi) is 7.51. The predicted octanol–water partition coefficient (Wildman–Crippen LogP) is 5.28. The lowest BCUT2D eigenvalue weighted by Crippen LogP contribution is -2.51. The van der Waals surface area contributed by atoms with Crippen molar-refractivity contribution in [3.05, 3.63) is 64.7 Å². The summed E-state index contributed by atoms with van der Waals surface area (Å²) in [6.07, 6.45) is -0.260. The number of benzene rings is 2. The summed E-state index contributed by atoms with van der Waals surface area (Å²) in [5.74, 6) is 0. The number of amides is 1. The minimum atomic E-state index is -0.508. The van der Waals surface area contributed by atoms with Gasteiger partial charge in [0.1, 0.15) is 5.60 Å². The molecule has 0 spiro atoms. The minimum Gasteiger partial charge on any atom is -0.444 e. The number of ether oxygens (including phenoxy) is 1. The highest BCUT2D eigenvalue weighted by molar-refractivity contribution is 6.62.